The Morgan fingerprint density at radius 3 is 2.77 bits per heavy atom. The van der Waals surface area contributed by atoms with Crippen molar-refractivity contribution in [2.45, 2.75) is 31.7 Å². The average Bonchev–Trinajstić information content (AvgIpc) is 2.09. The van der Waals surface area contributed by atoms with Crippen LogP contribution in [0.1, 0.15) is 25.7 Å². The molecule has 0 radical (unpaired) electrons. The molecule has 0 amide bonds. The average molecular weight is 182 g/mol. The van der Waals surface area contributed by atoms with Gasteiger partial charge in [-0.15, -0.1) is 6.58 Å². The van der Waals surface area contributed by atoms with E-state index in [1.807, 2.05) is 6.08 Å². The Morgan fingerprint density at radius 1 is 1.46 bits per heavy atom. The summed E-state index contributed by atoms with van der Waals surface area (Å²) in [6.07, 6.45) is 7.16. The van der Waals surface area contributed by atoms with Gasteiger partial charge in [-0.3, -0.25) is 0 Å². The smallest absolute Gasteiger partial charge is 0.0157 e. The maximum Gasteiger partial charge on any atom is 0.0157 e. The monoisotopic (exact) mass is 182 g/mol. The first kappa shape index (κ1) is 10.7. The quantitative estimate of drug-likeness (QED) is 0.669. The minimum atomic E-state index is 0.431. The molecule has 2 heteroatoms. The summed E-state index contributed by atoms with van der Waals surface area (Å²) in [4.78, 5) is 2.31. The summed E-state index contributed by atoms with van der Waals surface area (Å²) in [5, 5.41) is 0. The normalized spacial score (nSPS) is 29.2. The van der Waals surface area contributed by atoms with Crippen molar-refractivity contribution in [2.24, 2.45) is 11.7 Å². The van der Waals surface area contributed by atoms with E-state index in [4.69, 9.17) is 5.73 Å². The van der Waals surface area contributed by atoms with Crippen LogP contribution in [0, 0.1) is 5.92 Å². The molecule has 0 aliphatic heterocycles. The zero-order chi connectivity index (χ0) is 9.68. The molecule has 2 nitrogen and oxygen atoms in total. The van der Waals surface area contributed by atoms with Gasteiger partial charge >= 0.3 is 0 Å². The molecule has 0 saturated heterocycles. The number of nitrogens with two attached hydrogens (primary N) is 1. The van der Waals surface area contributed by atoms with Crippen molar-refractivity contribution in [1.82, 2.24) is 4.90 Å². The second-order valence-corrected chi connectivity index (χ2v) is 4.22. The lowest BCUT2D eigenvalue weighted by molar-refractivity contribution is 0.223. The van der Waals surface area contributed by atoms with E-state index < -0.39 is 0 Å². The Bertz CT molecular complexity index is 156. The Labute approximate surface area is 81.8 Å². The van der Waals surface area contributed by atoms with Gasteiger partial charge < -0.3 is 10.6 Å². The van der Waals surface area contributed by atoms with Gasteiger partial charge in [0.1, 0.15) is 0 Å². The highest BCUT2D eigenvalue weighted by Gasteiger charge is 2.22. The maximum absolute atomic E-state index is 6.07. The number of rotatable bonds is 4. The molecule has 1 aliphatic rings. The largest absolute Gasteiger partial charge is 0.327 e. The number of hydrogen-bond donors (Lipinski definition) is 1. The highest BCUT2D eigenvalue weighted by atomic mass is 15.1. The fourth-order valence-corrected chi connectivity index (χ4v) is 2.16. The molecule has 2 unspecified atom stereocenters. The van der Waals surface area contributed by atoms with Crippen molar-refractivity contribution in [1.29, 1.82) is 0 Å². The highest BCUT2D eigenvalue weighted by molar-refractivity contribution is 4.81. The van der Waals surface area contributed by atoms with Gasteiger partial charge in [-0.05, 0) is 25.8 Å². The van der Waals surface area contributed by atoms with E-state index in [0.717, 1.165) is 13.1 Å². The van der Waals surface area contributed by atoms with Crippen LogP contribution in [0.15, 0.2) is 12.7 Å². The van der Waals surface area contributed by atoms with E-state index in [0.29, 0.717) is 12.0 Å². The van der Waals surface area contributed by atoms with Crippen LogP contribution in [0.25, 0.3) is 0 Å². The Balaban J connectivity index is 2.28. The predicted octanol–water partition coefficient (Wildman–Crippen LogP) is 1.62. The van der Waals surface area contributed by atoms with E-state index in [1.165, 1.54) is 25.7 Å². The third-order valence-corrected chi connectivity index (χ3v) is 2.95. The second-order valence-electron chi connectivity index (χ2n) is 4.22. The van der Waals surface area contributed by atoms with Crippen LogP contribution in [0.3, 0.4) is 0 Å². The molecule has 2 N–H and O–H groups in total. The molecular formula is C11H22N2. The number of hydrogen-bond acceptors (Lipinski definition) is 2. The second kappa shape index (κ2) is 5.40. The Hall–Kier alpha value is -0.340. The van der Waals surface area contributed by atoms with E-state index in [2.05, 4.69) is 18.5 Å². The minimum absolute atomic E-state index is 0.431. The lowest BCUT2D eigenvalue weighted by Crippen LogP contribution is -2.40. The summed E-state index contributed by atoms with van der Waals surface area (Å²) in [5.41, 5.74) is 6.07. The molecule has 0 aromatic carbocycles. The van der Waals surface area contributed by atoms with Crippen LogP contribution in [0.5, 0.6) is 0 Å². The number of nitrogens with zero attached hydrogens (tertiary/aromatic N) is 1. The molecule has 1 rings (SSSR count). The summed E-state index contributed by atoms with van der Waals surface area (Å²) in [7, 11) is 2.14. The summed E-state index contributed by atoms with van der Waals surface area (Å²) >= 11 is 0. The van der Waals surface area contributed by atoms with Gasteiger partial charge in [0.05, 0.1) is 0 Å². The first-order valence-corrected chi connectivity index (χ1v) is 5.29. The lowest BCUT2D eigenvalue weighted by atomic mass is 9.85. The molecule has 76 valence electrons. The van der Waals surface area contributed by atoms with Gasteiger partial charge in [0.15, 0.2) is 0 Å². The summed E-state index contributed by atoms with van der Waals surface area (Å²) < 4.78 is 0. The van der Waals surface area contributed by atoms with Crippen molar-refractivity contribution in [3.63, 3.8) is 0 Å². The molecule has 1 aliphatic carbocycles. The fraction of sp³-hybridized carbons (Fsp3) is 0.818. The van der Waals surface area contributed by atoms with Crippen molar-refractivity contribution in [2.75, 3.05) is 20.1 Å². The van der Waals surface area contributed by atoms with E-state index >= 15 is 0 Å². The van der Waals surface area contributed by atoms with Gasteiger partial charge in [-0.1, -0.05) is 18.9 Å². The van der Waals surface area contributed by atoms with Crippen molar-refractivity contribution in [3.05, 3.63) is 12.7 Å². The molecule has 0 aromatic heterocycles. The third kappa shape index (κ3) is 3.49. The van der Waals surface area contributed by atoms with Gasteiger partial charge in [0.25, 0.3) is 0 Å². The lowest BCUT2D eigenvalue weighted by Gasteiger charge is -2.31. The van der Waals surface area contributed by atoms with Gasteiger partial charge in [0.2, 0.25) is 0 Å². The molecule has 0 heterocycles. The van der Waals surface area contributed by atoms with Gasteiger partial charge in [-0.25, -0.2) is 0 Å². The highest BCUT2D eigenvalue weighted by Crippen LogP contribution is 2.23. The predicted molar refractivity (Wildman–Crippen MR) is 57.6 cm³/mol. The van der Waals surface area contributed by atoms with Crippen LogP contribution in [-0.4, -0.2) is 31.1 Å². The molecule has 0 spiro atoms. The van der Waals surface area contributed by atoms with E-state index in [1.54, 1.807) is 0 Å². The molecule has 2 atom stereocenters. The first-order valence-electron chi connectivity index (χ1n) is 5.29. The van der Waals surface area contributed by atoms with Crippen LogP contribution < -0.4 is 5.73 Å². The standard InChI is InChI=1S/C11H22N2/c1-3-8-13(2)9-10-6-4-5-7-11(10)12/h3,10-11H,1,4-9,12H2,2H3. The van der Waals surface area contributed by atoms with Gasteiger partial charge in [-0.2, -0.15) is 0 Å². The topological polar surface area (TPSA) is 29.3 Å². The molecule has 1 saturated carbocycles. The molecule has 1 fully saturated rings. The van der Waals surface area contributed by atoms with Crippen molar-refractivity contribution in [3.8, 4) is 0 Å². The van der Waals surface area contributed by atoms with Crippen LogP contribution in [0.4, 0.5) is 0 Å². The maximum atomic E-state index is 6.07. The Morgan fingerprint density at radius 2 is 2.15 bits per heavy atom. The molecule has 0 aromatic rings. The van der Waals surface area contributed by atoms with Crippen molar-refractivity contribution < 1.29 is 0 Å². The van der Waals surface area contributed by atoms with Crippen LogP contribution >= 0.6 is 0 Å². The van der Waals surface area contributed by atoms with Gasteiger partial charge in [0, 0.05) is 19.1 Å². The zero-order valence-corrected chi connectivity index (χ0v) is 8.71. The van der Waals surface area contributed by atoms with E-state index in [-0.39, 0.29) is 0 Å². The molecule has 0 bridgehead atoms. The summed E-state index contributed by atoms with van der Waals surface area (Å²) in [6.45, 7) is 5.85. The summed E-state index contributed by atoms with van der Waals surface area (Å²) in [5.74, 6) is 0.707. The van der Waals surface area contributed by atoms with Crippen LogP contribution in [-0.2, 0) is 0 Å². The minimum Gasteiger partial charge on any atom is -0.327 e. The fourth-order valence-electron chi connectivity index (χ4n) is 2.16. The first-order chi connectivity index (χ1) is 6.24. The molecular weight excluding hydrogens is 160 g/mol. The third-order valence-electron chi connectivity index (χ3n) is 2.95. The van der Waals surface area contributed by atoms with Crippen molar-refractivity contribution >= 4 is 0 Å². The summed E-state index contributed by atoms with van der Waals surface area (Å²) in [6, 6.07) is 0.431. The van der Waals surface area contributed by atoms with E-state index in [9.17, 15) is 0 Å². The van der Waals surface area contributed by atoms with Crippen LogP contribution in [0.2, 0.25) is 0 Å². The molecule has 13 heavy (non-hydrogen) atoms. The Kier molecular flexibility index (Phi) is 4.46. The number of likely N-dealkylation sites (N-methyl/N-ethyl adjacent to an activating group) is 1. The SMILES string of the molecule is C=CCN(C)CC1CCCCC1N. The zero-order valence-electron chi connectivity index (χ0n) is 8.71.